The minimum absolute atomic E-state index is 0.153. The Morgan fingerprint density at radius 2 is 2.00 bits per heavy atom. The van der Waals surface area contributed by atoms with Crippen molar-refractivity contribution in [3.63, 3.8) is 0 Å². The molecule has 1 aromatic carbocycles. The first kappa shape index (κ1) is 14.6. The fourth-order valence-electron chi connectivity index (χ4n) is 2.98. The van der Waals surface area contributed by atoms with Crippen LogP contribution in [0.1, 0.15) is 33.1 Å². The molecule has 1 aliphatic rings. The fourth-order valence-corrected chi connectivity index (χ4v) is 2.98. The monoisotopic (exact) mass is 277 g/mol. The van der Waals surface area contributed by atoms with Crippen molar-refractivity contribution >= 4 is 17.1 Å². The van der Waals surface area contributed by atoms with Crippen LogP contribution in [0.3, 0.4) is 0 Å². The third-order valence-corrected chi connectivity index (χ3v) is 4.18. The Kier molecular flexibility index (Phi) is 4.82. The number of benzene rings is 1. The van der Waals surface area contributed by atoms with Gasteiger partial charge in [0, 0.05) is 13.1 Å². The Morgan fingerprint density at radius 1 is 1.30 bits per heavy atom. The zero-order valence-electron chi connectivity index (χ0n) is 12.2. The minimum Gasteiger partial charge on any atom is -0.380 e. The maximum atomic E-state index is 11.3. The summed E-state index contributed by atoms with van der Waals surface area (Å²) in [5, 5.41) is 17.6. The molecule has 0 spiro atoms. The zero-order valence-corrected chi connectivity index (χ0v) is 12.2. The van der Waals surface area contributed by atoms with Crippen LogP contribution in [0.4, 0.5) is 17.1 Å². The highest BCUT2D eigenvalue weighted by Crippen LogP contribution is 2.35. The maximum absolute atomic E-state index is 11.3. The Hall–Kier alpha value is -1.78. The van der Waals surface area contributed by atoms with Gasteiger partial charge in [-0.25, -0.2) is 0 Å². The van der Waals surface area contributed by atoms with Gasteiger partial charge in [0.05, 0.1) is 4.92 Å². The highest BCUT2D eigenvalue weighted by atomic mass is 16.6. The van der Waals surface area contributed by atoms with Crippen LogP contribution in [0.5, 0.6) is 0 Å². The molecule has 5 nitrogen and oxygen atoms in total. The van der Waals surface area contributed by atoms with E-state index >= 15 is 0 Å². The normalized spacial score (nSPS) is 21.7. The van der Waals surface area contributed by atoms with E-state index in [9.17, 15) is 10.1 Å². The number of hydrogen-bond donors (Lipinski definition) is 2. The molecule has 0 heterocycles. The molecule has 1 saturated carbocycles. The zero-order chi connectivity index (χ0) is 14.5. The summed E-state index contributed by atoms with van der Waals surface area (Å²) in [4.78, 5) is 11.0. The smallest absolute Gasteiger partial charge is 0.315 e. The van der Waals surface area contributed by atoms with Crippen molar-refractivity contribution in [2.24, 2.45) is 11.8 Å². The van der Waals surface area contributed by atoms with Gasteiger partial charge >= 0.3 is 5.69 Å². The number of nitro groups is 1. The van der Waals surface area contributed by atoms with Gasteiger partial charge < -0.3 is 10.6 Å². The quantitative estimate of drug-likeness (QED) is 0.611. The van der Waals surface area contributed by atoms with Gasteiger partial charge in [0.15, 0.2) is 0 Å². The van der Waals surface area contributed by atoms with Crippen LogP contribution in [0, 0.1) is 22.0 Å². The molecule has 0 bridgehead atoms. The summed E-state index contributed by atoms with van der Waals surface area (Å²) in [5.74, 6) is 1.33. The Labute approximate surface area is 119 Å². The molecule has 0 aromatic heterocycles. The van der Waals surface area contributed by atoms with Gasteiger partial charge in [-0.1, -0.05) is 25.8 Å². The van der Waals surface area contributed by atoms with Crippen LogP contribution in [0.15, 0.2) is 18.2 Å². The van der Waals surface area contributed by atoms with Crippen LogP contribution < -0.4 is 10.6 Å². The molecular formula is C15H23N3O2. The first-order valence-corrected chi connectivity index (χ1v) is 7.38. The maximum Gasteiger partial charge on any atom is 0.315 e. The van der Waals surface area contributed by atoms with E-state index in [1.165, 1.54) is 19.3 Å². The molecule has 110 valence electrons. The third-order valence-electron chi connectivity index (χ3n) is 4.18. The number of rotatable bonds is 6. The summed E-state index contributed by atoms with van der Waals surface area (Å²) in [6.07, 6.45) is 3.76. The van der Waals surface area contributed by atoms with E-state index in [1.807, 2.05) is 13.0 Å². The molecule has 0 saturated heterocycles. The summed E-state index contributed by atoms with van der Waals surface area (Å²) in [6, 6.07) is 5.40. The molecule has 1 aromatic rings. The average Bonchev–Trinajstić information content (AvgIpc) is 2.82. The lowest BCUT2D eigenvalue weighted by Gasteiger charge is -2.17. The van der Waals surface area contributed by atoms with E-state index in [0.29, 0.717) is 29.8 Å². The minimum atomic E-state index is -0.307. The second-order valence-electron chi connectivity index (χ2n) is 5.54. The molecule has 2 rings (SSSR count). The van der Waals surface area contributed by atoms with E-state index in [-0.39, 0.29) is 10.6 Å². The summed E-state index contributed by atoms with van der Waals surface area (Å²) >= 11 is 0. The summed E-state index contributed by atoms with van der Waals surface area (Å²) in [7, 11) is 0. The van der Waals surface area contributed by atoms with Crippen molar-refractivity contribution in [2.45, 2.75) is 33.1 Å². The van der Waals surface area contributed by atoms with Gasteiger partial charge in [0.2, 0.25) is 0 Å². The number of para-hydroxylation sites is 1. The van der Waals surface area contributed by atoms with Gasteiger partial charge in [-0.15, -0.1) is 0 Å². The second kappa shape index (κ2) is 6.59. The number of anilines is 2. The highest BCUT2D eigenvalue weighted by molar-refractivity contribution is 5.76. The van der Waals surface area contributed by atoms with Crippen molar-refractivity contribution in [3.8, 4) is 0 Å². The van der Waals surface area contributed by atoms with Crippen LogP contribution in [-0.2, 0) is 0 Å². The lowest BCUT2D eigenvalue weighted by Crippen LogP contribution is -2.17. The number of nitrogens with zero attached hydrogens (tertiary/aromatic N) is 1. The molecule has 2 unspecified atom stereocenters. The van der Waals surface area contributed by atoms with Gasteiger partial charge in [-0.05, 0) is 37.3 Å². The highest BCUT2D eigenvalue weighted by Gasteiger charge is 2.25. The van der Waals surface area contributed by atoms with Gasteiger partial charge in [-0.3, -0.25) is 10.1 Å². The number of nitro benzene ring substituents is 1. The first-order chi connectivity index (χ1) is 9.63. The summed E-state index contributed by atoms with van der Waals surface area (Å²) < 4.78 is 0. The molecule has 0 radical (unpaired) electrons. The molecule has 20 heavy (non-hydrogen) atoms. The lowest BCUT2D eigenvalue weighted by atomic mass is 9.98. The predicted molar refractivity (Wildman–Crippen MR) is 82.3 cm³/mol. The summed E-state index contributed by atoms with van der Waals surface area (Å²) in [6.45, 7) is 5.69. The van der Waals surface area contributed by atoms with Crippen LogP contribution in [-0.4, -0.2) is 18.0 Å². The molecule has 0 aliphatic heterocycles. The van der Waals surface area contributed by atoms with Crippen LogP contribution in [0.2, 0.25) is 0 Å². The van der Waals surface area contributed by atoms with Crippen molar-refractivity contribution in [3.05, 3.63) is 28.3 Å². The lowest BCUT2D eigenvalue weighted by molar-refractivity contribution is -0.383. The van der Waals surface area contributed by atoms with Crippen molar-refractivity contribution in [1.29, 1.82) is 0 Å². The standard InChI is InChI=1S/C15H23N3O2/c1-3-16-13-8-5-9-14(15(13)18(19)20)17-10-12-7-4-6-11(12)2/h5,8-9,11-12,16-17H,3-4,6-7,10H2,1-2H3. The SMILES string of the molecule is CCNc1cccc(NCC2CCCC2C)c1[N+](=O)[O-]. The summed E-state index contributed by atoms with van der Waals surface area (Å²) in [5.41, 5.74) is 1.36. The van der Waals surface area contributed by atoms with Gasteiger partial charge in [-0.2, -0.15) is 0 Å². The van der Waals surface area contributed by atoms with Gasteiger partial charge in [0.1, 0.15) is 11.4 Å². The van der Waals surface area contributed by atoms with Crippen molar-refractivity contribution in [1.82, 2.24) is 0 Å². The van der Waals surface area contributed by atoms with Crippen LogP contribution >= 0.6 is 0 Å². The second-order valence-corrected chi connectivity index (χ2v) is 5.54. The molecule has 5 heteroatoms. The van der Waals surface area contributed by atoms with Gasteiger partial charge in [0.25, 0.3) is 0 Å². The van der Waals surface area contributed by atoms with E-state index in [2.05, 4.69) is 17.6 Å². The Morgan fingerprint density at radius 3 is 2.55 bits per heavy atom. The predicted octanol–water partition coefficient (Wildman–Crippen LogP) is 3.87. The Bertz CT molecular complexity index is 476. The molecule has 1 aliphatic carbocycles. The average molecular weight is 277 g/mol. The van der Waals surface area contributed by atoms with E-state index in [1.54, 1.807) is 12.1 Å². The third kappa shape index (κ3) is 3.21. The van der Waals surface area contributed by atoms with Crippen molar-refractivity contribution in [2.75, 3.05) is 23.7 Å². The fraction of sp³-hybridized carbons (Fsp3) is 0.600. The number of nitrogens with one attached hydrogen (secondary N) is 2. The molecular weight excluding hydrogens is 254 g/mol. The Balaban J connectivity index is 2.13. The largest absolute Gasteiger partial charge is 0.380 e. The van der Waals surface area contributed by atoms with E-state index in [0.717, 1.165) is 6.54 Å². The molecule has 1 fully saturated rings. The first-order valence-electron chi connectivity index (χ1n) is 7.38. The molecule has 0 amide bonds. The molecule has 2 N–H and O–H groups in total. The van der Waals surface area contributed by atoms with Crippen molar-refractivity contribution < 1.29 is 4.92 Å². The number of hydrogen-bond acceptors (Lipinski definition) is 4. The molecule has 2 atom stereocenters. The van der Waals surface area contributed by atoms with E-state index in [4.69, 9.17) is 0 Å². The topological polar surface area (TPSA) is 67.2 Å². The van der Waals surface area contributed by atoms with Crippen LogP contribution in [0.25, 0.3) is 0 Å². The van der Waals surface area contributed by atoms with E-state index < -0.39 is 0 Å².